The van der Waals surface area contributed by atoms with Crippen LogP contribution in [0, 0.1) is 19.1 Å². The predicted molar refractivity (Wildman–Crippen MR) is 75.5 cm³/mol. The minimum atomic E-state index is -2.52. The number of benzene rings is 1. The lowest BCUT2D eigenvalue weighted by atomic mass is 10.1. The Morgan fingerprint density at radius 2 is 1.95 bits per heavy atom. The molecule has 1 aliphatic heterocycles. The van der Waals surface area contributed by atoms with E-state index in [1.807, 2.05) is 32.0 Å². The monoisotopic (exact) mass is 277 g/mol. The summed E-state index contributed by atoms with van der Waals surface area (Å²) in [5.41, 5.74) is 2.96. The van der Waals surface area contributed by atoms with Gasteiger partial charge in [0, 0.05) is 11.6 Å². The molecule has 1 aliphatic rings. The molecule has 0 spiro atoms. The summed E-state index contributed by atoms with van der Waals surface area (Å²) in [7, 11) is -2.52. The number of nitrogens with zero attached hydrogens (tertiary/aromatic N) is 1. The van der Waals surface area contributed by atoms with Gasteiger partial charge in [0.25, 0.3) is 15.3 Å². The number of allylic oxidation sites excluding steroid dienone is 2. The second-order valence-electron chi connectivity index (χ2n) is 4.66. The van der Waals surface area contributed by atoms with E-state index >= 15 is 0 Å². The van der Waals surface area contributed by atoms with Crippen LogP contribution in [0.1, 0.15) is 16.7 Å². The summed E-state index contributed by atoms with van der Waals surface area (Å²) in [6, 6.07) is 5.78. The zero-order valence-corrected chi connectivity index (χ0v) is 11.6. The van der Waals surface area contributed by atoms with Gasteiger partial charge in [0.1, 0.15) is 12.7 Å². The van der Waals surface area contributed by atoms with Crippen molar-refractivity contribution in [1.29, 1.82) is 0 Å². The maximum absolute atomic E-state index is 12.7. The highest BCUT2D eigenvalue weighted by atomic mass is 32.2. The van der Waals surface area contributed by atoms with Crippen LogP contribution in [0.4, 0.5) is 0 Å². The molecular formula is C14H15NO3S. The van der Waals surface area contributed by atoms with Crippen molar-refractivity contribution in [3.05, 3.63) is 64.5 Å². The third kappa shape index (κ3) is 2.84. The van der Waals surface area contributed by atoms with Gasteiger partial charge >= 0.3 is 0 Å². The van der Waals surface area contributed by atoms with Gasteiger partial charge < -0.3 is 5.21 Å². The van der Waals surface area contributed by atoms with Crippen LogP contribution in [0.25, 0.3) is 0 Å². The molecule has 1 aromatic carbocycles. The van der Waals surface area contributed by atoms with Crippen LogP contribution in [0.15, 0.2) is 42.6 Å². The van der Waals surface area contributed by atoms with E-state index in [4.69, 9.17) is 0 Å². The summed E-state index contributed by atoms with van der Waals surface area (Å²) in [5, 5.41) is 12.7. The minimum absolute atomic E-state index is 0.0796. The number of aryl methyl sites for hydroxylation is 2. The van der Waals surface area contributed by atoms with E-state index in [1.165, 1.54) is 12.3 Å². The Balaban J connectivity index is 2.44. The van der Waals surface area contributed by atoms with Crippen molar-refractivity contribution in [2.75, 3.05) is 0 Å². The molecule has 19 heavy (non-hydrogen) atoms. The van der Waals surface area contributed by atoms with Crippen LogP contribution in [0.3, 0.4) is 0 Å². The fourth-order valence-corrected chi connectivity index (χ4v) is 2.68. The van der Waals surface area contributed by atoms with Crippen LogP contribution >= 0.6 is 0 Å². The van der Waals surface area contributed by atoms with E-state index in [2.05, 4.69) is 0 Å². The molecule has 0 aromatic heterocycles. The second-order valence-corrected chi connectivity index (χ2v) is 5.54. The summed E-state index contributed by atoms with van der Waals surface area (Å²) in [6.07, 6.45) is 5.83. The first-order chi connectivity index (χ1) is 8.92. The topological polar surface area (TPSA) is 57.2 Å². The zero-order valence-electron chi connectivity index (χ0n) is 10.8. The van der Waals surface area contributed by atoms with Gasteiger partial charge in [-0.05, 0) is 31.6 Å². The summed E-state index contributed by atoms with van der Waals surface area (Å²) >= 11 is 0. The average molecular weight is 277 g/mol. The highest BCUT2D eigenvalue weighted by Gasteiger charge is 2.25. The summed E-state index contributed by atoms with van der Waals surface area (Å²) in [6.45, 7) is 3.98. The molecule has 1 aromatic rings. The highest BCUT2D eigenvalue weighted by molar-refractivity contribution is 7.72. The Morgan fingerprint density at radius 3 is 2.58 bits per heavy atom. The number of hydroxylamine groups is 3. The first kappa shape index (κ1) is 13.7. The second kappa shape index (κ2) is 5.13. The van der Waals surface area contributed by atoms with E-state index in [9.17, 15) is 13.6 Å². The average Bonchev–Trinajstić information content (AvgIpc) is 2.33. The SMILES string of the molecule is Cc1ccc(C[N+]2([O-])C=CC=CC2=S(=O)=O)c(C)c1. The summed E-state index contributed by atoms with van der Waals surface area (Å²) in [4.78, 5) is -0.164. The molecule has 0 aliphatic carbocycles. The van der Waals surface area contributed by atoms with E-state index in [-0.39, 0.29) is 11.5 Å². The lowest BCUT2D eigenvalue weighted by Crippen LogP contribution is -2.42. The Labute approximate surface area is 114 Å². The summed E-state index contributed by atoms with van der Waals surface area (Å²) < 4.78 is 21.3. The molecule has 0 bridgehead atoms. The smallest absolute Gasteiger partial charge is 0.277 e. The normalized spacial score (nSPS) is 21.7. The Hall–Kier alpha value is -1.69. The summed E-state index contributed by atoms with van der Waals surface area (Å²) in [5.74, 6) is 0. The highest BCUT2D eigenvalue weighted by Crippen LogP contribution is 2.21. The molecular weight excluding hydrogens is 262 g/mol. The van der Waals surface area contributed by atoms with Crippen molar-refractivity contribution in [2.24, 2.45) is 0 Å². The maximum atomic E-state index is 12.7. The van der Waals surface area contributed by atoms with Gasteiger partial charge in [-0.25, -0.2) is 0 Å². The van der Waals surface area contributed by atoms with Crippen molar-refractivity contribution < 1.29 is 13.1 Å². The van der Waals surface area contributed by atoms with E-state index < -0.39 is 14.9 Å². The first-order valence-corrected chi connectivity index (χ1v) is 6.97. The molecule has 0 saturated heterocycles. The third-order valence-electron chi connectivity index (χ3n) is 3.12. The number of quaternary nitrogens is 1. The predicted octanol–water partition coefficient (Wildman–Crippen LogP) is 2.21. The molecule has 1 heterocycles. The molecule has 100 valence electrons. The van der Waals surface area contributed by atoms with Crippen LogP contribution in [-0.4, -0.2) is 18.1 Å². The number of rotatable bonds is 2. The Kier molecular flexibility index (Phi) is 3.71. The largest absolute Gasteiger partial charge is 0.621 e. The molecule has 1 atom stereocenters. The van der Waals surface area contributed by atoms with Crippen molar-refractivity contribution >= 4 is 15.3 Å². The Bertz CT molecular complexity index is 693. The number of hydrogen-bond acceptors (Lipinski definition) is 3. The van der Waals surface area contributed by atoms with Crippen molar-refractivity contribution in [1.82, 2.24) is 0 Å². The van der Waals surface area contributed by atoms with Gasteiger partial charge in [0.05, 0.1) is 0 Å². The van der Waals surface area contributed by atoms with Gasteiger partial charge in [-0.3, -0.25) is 4.65 Å². The fourth-order valence-electron chi connectivity index (χ4n) is 2.11. The first-order valence-electron chi connectivity index (χ1n) is 5.90. The van der Waals surface area contributed by atoms with Gasteiger partial charge in [0.2, 0.25) is 0 Å². The van der Waals surface area contributed by atoms with Gasteiger partial charge in [-0.2, -0.15) is 8.42 Å². The van der Waals surface area contributed by atoms with Crippen LogP contribution < -0.4 is 0 Å². The molecule has 0 amide bonds. The van der Waals surface area contributed by atoms with E-state index in [0.717, 1.165) is 16.7 Å². The van der Waals surface area contributed by atoms with Crippen LogP contribution in [-0.2, 0) is 16.8 Å². The van der Waals surface area contributed by atoms with E-state index in [1.54, 1.807) is 12.2 Å². The molecule has 4 nitrogen and oxygen atoms in total. The van der Waals surface area contributed by atoms with Crippen molar-refractivity contribution in [3.63, 3.8) is 0 Å². The van der Waals surface area contributed by atoms with Crippen LogP contribution in [0.5, 0.6) is 0 Å². The molecule has 0 radical (unpaired) electrons. The molecule has 2 rings (SSSR count). The molecule has 1 unspecified atom stereocenters. The van der Waals surface area contributed by atoms with Crippen molar-refractivity contribution in [3.8, 4) is 0 Å². The number of hydrogen-bond donors (Lipinski definition) is 0. The van der Waals surface area contributed by atoms with Crippen LogP contribution in [0.2, 0.25) is 0 Å². The molecule has 0 saturated carbocycles. The maximum Gasteiger partial charge on any atom is 0.277 e. The minimum Gasteiger partial charge on any atom is -0.621 e. The van der Waals surface area contributed by atoms with E-state index in [0.29, 0.717) is 0 Å². The lowest BCUT2D eigenvalue weighted by Gasteiger charge is -2.38. The molecule has 5 heteroatoms. The van der Waals surface area contributed by atoms with Gasteiger partial charge in [0.15, 0.2) is 0 Å². The zero-order chi connectivity index (χ0) is 14.0. The standard InChI is InChI=1S/C14H15NO3S/c1-11-6-7-13(12(2)9-11)10-15(16)8-4-3-5-14(15)19(17)18/h3-9H,10H2,1-2H3. The molecule has 0 fully saturated rings. The van der Waals surface area contributed by atoms with Crippen molar-refractivity contribution in [2.45, 2.75) is 20.4 Å². The lowest BCUT2D eigenvalue weighted by molar-refractivity contribution is -0.744. The third-order valence-corrected chi connectivity index (χ3v) is 3.91. The van der Waals surface area contributed by atoms with Gasteiger partial charge in [-0.15, -0.1) is 0 Å². The fraction of sp³-hybridized carbons (Fsp3) is 0.214. The molecule has 0 N–H and O–H groups in total. The quantitative estimate of drug-likeness (QED) is 0.473. The van der Waals surface area contributed by atoms with Gasteiger partial charge in [-0.1, -0.05) is 23.8 Å². The Morgan fingerprint density at radius 1 is 1.21 bits per heavy atom.